The Morgan fingerprint density at radius 1 is 0.893 bits per heavy atom. The van der Waals surface area contributed by atoms with E-state index >= 15 is 0 Å². The van der Waals surface area contributed by atoms with Crippen LogP contribution in [0.4, 0.5) is 11.6 Å². The van der Waals surface area contributed by atoms with Crippen molar-refractivity contribution >= 4 is 17.5 Å². The standard InChI is InChI=1S/C21H18N6O/c28-20(17-12-23-21(24-13-17)26-18-9-5-2-6-10-18)22-11-16-14-25-27-19(16)15-7-3-1-4-8-15/h1-10,12-14H,11H2,(H,22,28)(H,25,27)(H,23,24,26). The molecule has 0 aliphatic rings. The van der Waals surface area contributed by atoms with E-state index in [2.05, 4.69) is 30.8 Å². The van der Waals surface area contributed by atoms with Gasteiger partial charge in [-0.25, -0.2) is 9.97 Å². The highest BCUT2D eigenvalue weighted by Gasteiger charge is 2.11. The lowest BCUT2D eigenvalue weighted by molar-refractivity contribution is 0.0950. The van der Waals surface area contributed by atoms with E-state index in [0.717, 1.165) is 22.5 Å². The molecular formula is C21H18N6O. The Morgan fingerprint density at radius 3 is 2.29 bits per heavy atom. The Hall–Kier alpha value is -4.00. The van der Waals surface area contributed by atoms with Crippen molar-refractivity contribution in [2.45, 2.75) is 6.54 Å². The van der Waals surface area contributed by atoms with Crippen molar-refractivity contribution in [3.05, 3.63) is 90.4 Å². The third-order valence-electron chi connectivity index (χ3n) is 4.16. The molecular weight excluding hydrogens is 352 g/mol. The molecule has 0 unspecified atom stereocenters. The maximum Gasteiger partial charge on any atom is 0.254 e. The second kappa shape index (κ2) is 8.13. The fourth-order valence-electron chi connectivity index (χ4n) is 2.74. The van der Waals surface area contributed by atoms with Gasteiger partial charge in [0.25, 0.3) is 5.91 Å². The van der Waals surface area contributed by atoms with E-state index in [4.69, 9.17) is 0 Å². The van der Waals surface area contributed by atoms with Crippen LogP contribution < -0.4 is 10.6 Å². The van der Waals surface area contributed by atoms with Gasteiger partial charge in [-0.3, -0.25) is 9.89 Å². The van der Waals surface area contributed by atoms with E-state index in [1.165, 1.54) is 12.4 Å². The predicted molar refractivity (Wildman–Crippen MR) is 107 cm³/mol. The molecule has 3 N–H and O–H groups in total. The number of rotatable bonds is 6. The monoisotopic (exact) mass is 370 g/mol. The largest absolute Gasteiger partial charge is 0.348 e. The minimum Gasteiger partial charge on any atom is -0.348 e. The molecule has 0 fully saturated rings. The molecule has 0 saturated carbocycles. The van der Waals surface area contributed by atoms with Crippen LogP contribution in [0.1, 0.15) is 15.9 Å². The van der Waals surface area contributed by atoms with Crippen LogP contribution in [0.2, 0.25) is 0 Å². The van der Waals surface area contributed by atoms with Crippen LogP contribution in [0.5, 0.6) is 0 Å². The molecule has 7 heteroatoms. The molecule has 2 heterocycles. The number of anilines is 2. The topological polar surface area (TPSA) is 95.6 Å². The molecule has 4 rings (SSSR count). The SMILES string of the molecule is O=C(NCc1cn[nH]c1-c1ccccc1)c1cnc(Nc2ccccc2)nc1. The fourth-order valence-corrected chi connectivity index (χ4v) is 2.74. The maximum atomic E-state index is 12.4. The molecule has 0 aliphatic carbocycles. The number of aromatic nitrogens is 4. The summed E-state index contributed by atoms with van der Waals surface area (Å²) >= 11 is 0. The van der Waals surface area contributed by atoms with Crippen LogP contribution in [0.3, 0.4) is 0 Å². The van der Waals surface area contributed by atoms with Crippen molar-refractivity contribution in [2.24, 2.45) is 0 Å². The maximum absolute atomic E-state index is 12.4. The fraction of sp³-hybridized carbons (Fsp3) is 0.0476. The lowest BCUT2D eigenvalue weighted by Gasteiger charge is -2.07. The predicted octanol–water partition coefficient (Wildman–Crippen LogP) is 3.54. The van der Waals surface area contributed by atoms with Gasteiger partial charge in [-0.05, 0) is 17.7 Å². The number of nitrogens with zero attached hydrogens (tertiary/aromatic N) is 3. The first-order valence-electron chi connectivity index (χ1n) is 8.79. The van der Waals surface area contributed by atoms with E-state index in [-0.39, 0.29) is 5.91 Å². The number of hydrogen-bond acceptors (Lipinski definition) is 5. The van der Waals surface area contributed by atoms with Crippen LogP contribution in [0.25, 0.3) is 11.3 Å². The second-order valence-electron chi connectivity index (χ2n) is 6.11. The zero-order valence-corrected chi connectivity index (χ0v) is 15.0. The summed E-state index contributed by atoms with van der Waals surface area (Å²) in [7, 11) is 0. The van der Waals surface area contributed by atoms with Gasteiger partial charge in [0, 0.05) is 30.2 Å². The summed E-state index contributed by atoms with van der Waals surface area (Å²) in [6.45, 7) is 0.351. The molecule has 138 valence electrons. The summed E-state index contributed by atoms with van der Waals surface area (Å²) in [6, 6.07) is 19.5. The molecule has 2 aromatic carbocycles. The van der Waals surface area contributed by atoms with E-state index in [9.17, 15) is 4.79 Å². The molecule has 0 radical (unpaired) electrons. The summed E-state index contributed by atoms with van der Waals surface area (Å²) in [5.74, 6) is 0.190. The van der Waals surface area contributed by atoms with Gasteiger partial charge in [-0.15, -0.1) is 0 Å². The normalized spacial score (nSPS) is 10.4. The number of nitrogens with one attached hydrogen (secondary N) is 3. The molecule has 0 atom stereocenters. The van der Waals surface area contributed by atoms with Crippen molar-refractivity contribution in [1.82, 2.24) is 25.5 Å². The third kappa shape index (κ3) is 4.04. The van der Waals surface area contributed by atoms with Gasteiger partial charge in [0.2, 0.25) is 5.95 Å². The van der Waals surface area contributed by atoms with Gasteiger partial charge in [-0.1, -0.05) is 48.5 Å². The van der Waals surface area contributed by atoms with Crippen LogP contribution in [-0.4, -0.2) is 26.1 Å². The van der Waals surface area contributed by atoms with Gasteiger partial charge in [0.1, 0.15) is 0 Å². The summed E-state index contributed by atoms with van der Waals surface area (Å²) in [5.41, 5.74) is 4.09. The highest BCUT2D eigenvalue weighted by Crippen LogP contribution is 2.20. The van der Waals surface area contributed by atoms with Crippen LogP contribution in [0.15, 0.2) is 79.3 Å². The number of para-hydroxylation sites is 1. The summed E-state index contributed by atoms with van der Waals surface area (Å²) in [5, 5.41) is 13.0. The Balaban J connectivity index is 1.39. The minimum absolute atomic E-state index is 0.244. The van der Waals surface area contributed by atoms with Crippen LogP contribution in [-0.2, 0) is 6.54 Å². The number of amides is 1. The average Bonchev–Trinajstić information content (AvgIpc) is 3.23. The summed E-state index contributed by atoms with van der Waals surface area (Å²) < 4.78 is 0. The van der Waals surface area contributed by atoms with E-state index < -0.39 is 0 Å². The molecule has 0 bridgehead atoms. The Labute approximate surface area is 161 Å². The molecule has 0 aliphatic heterocycles. The average molecular weight is 370 g/mol. The van der Waals surface area contributed by atoms with Crippen molar-refractivity contribution in [3.63, 3.8) is 0 Å². The molecule has 4 aromatic rings. The van der Waals surface area contributed by atoms with Gasteiger partial charge in [-0.2, -0.15) is 5.10 Å². The van der Waals surface area contributed by atoms with Crippen LogP contribution in [0, 0.1) is 0 Å². The van der Waals surface area contributed by atoms with Gasteiger partial charge >= 0.3 is 0 Å². The summed E-state index contributed by atoms with van der Waals surface area (Å²) in [4.78, 5) is 20.8. The van der Waals surface area contributed by atoms with Crippen molar-refractivity contribution < 1.29 is 4.79 Å². The van der Waals surface area contributed by atoms with E-state index in [0.29, 0.717) is 18.1 Å². The molecule has 2 aromatic heterocycles. The zero-order chi connectivity index (χ0) is 19.2. The second-order valence-corrected chi connectivity index (χ2v) is 6.11. The Bertz CT molecular complexity index is 1050. The lowest BCUT2D eigenvalue weighted by Crippen LogP contribution is -2.23. The highest BCUT2D eigenvalue weighted by molar-refractivity contribution is 5.93. The molecule has 0 spiro atoms. The van der Waals surface area contributed by atoms with Gasteiger partial charge in [0.15, 0.2) is 0 Å². The number of hydrogen-bond donors (Lipinski definition) is 3. The number of carbonyl (C=O) groups is 1. The molecule has 7 nitrogen and oxygen atoms in total. The Morgan fingerprint density at radius 2 is 1.57 bits per heavy atom. The van der Waals surface area contributed by atoms with Crippen molar-refractivity contribution in [1.29, 1.82) is 0 Å². The number of aromatic amines is 1. The number of H-pyrrole nitrogens is 1. The third-order valence-corrected chi connectivity index (χ3v) is 4.16. The smallest absolute Gasteiger partial charge is 0.254 e. The van der Waals surface area contributed by atoms with Gasteiger partial charge < -0.3 is 10.6 Å². The van der Waals surface area contributed by atoms with Crippen molar-refractivity contribution in [3.8, 4) is 11.3 Å². The first kappa shape index (κ1) is 17.4. The highest BCUT2D eigenvalue weighted by atomic mass is 16.1. The quantitative estimate of drug-likeness (QED) is 0.482. The number of benzene rings is 2. The van der Waals surface area contributed by atoms with E-state index in [1.807, 2.05) is 60.7 Å². The summed E-state index contributed by atoms with van der Waals surface area (Å²) in [6.07, 6.45) is 4.72. The zero-order valence-electron chi connectivity index (χ0n) is 15.0. The Kier molecular flexibility index (Phi) is 5.06. The first-order valence-corrected chi connectivity index (χ1v) is 8.79. The van der Waals surface area contributed by atoms with Crippen molar-refractivity contribution in [2.75, 3.05) is 5.32 Å². The van der Waals surface area contributed by atoms with Gasteiger partial charge in [0.05, 0.1) is 17.5 Å². The first-order chi connectivity index (χ1) is 13.8. The van der Waals surface area contributed by atoms with Crippen LogP contribution >= 0.6 is 0 Å². The number of carbonyl (C=O) groups excluding carboxylic acids is 1. The molecule has 1 amide bonds. The minimum atomic E-state index is -0.244. The lowest BCUT2D eigenvalue weighted by atomic mass is 10.1. The van der Waals surface area contributed by atoms with E-state index in [1.54, 1.807) is 6.20 Å². The molecule has 0 saturated heterocycles. The molecule has 28 heavy (non-hydrogen) atoms.